The highest BCUT2D eigenvalue weighted by Crippen LogP contribution is 2.17. The summed E-state index contributed by atoms with van der Waals surface area (Å²) in [5.74, 6) is -0.890. The fraction of sp³-hybridized carbons (Fsp3) is 0.500. The van der Waals surface area contributed by atoms with Crippen LogP contribution in [0.3, 0.4) is 0 Å². The number of aryl methyl sites for hydroxylation is 1. The predicted molar refractivity (Wildman–Crippen MR) is 50.7 cm³/mol. The molecular weight excluding hydrogens is 188 g/mol. The monoisotopic (exact) mass is 200 g/mol. The number of nitrogens with two attached hydrogens (primary N) is 1. The molecular formula is C8H12N2O2S. The van der Waals surface area contributed by atoms with Crippen molar-refractivity contribution in [2.45, 2.75) is 25.8 Å². The molecule has 0 unspecified atom stereocenters. The van der Waals surface area contributed by atoms with Crippen molar-refractivity contribution in [1.29, 1.82) is 0 Å². The van der Waals surface area contributed by atoms with Crippen LogP contribution in [0.25, 0.3) is 0 Å². The van der Waals surface area contributed by atoms with Crippen LogP contribution in [0.5, 0.6) is 0 Å². The van der Waals surface area contributed by atoms with E-state index in [-0.39, 0.29) is 6.42 Å². The van der Waals surface area contributed by atoms with Gasteiger partial charge in [-0.05, 0) is 6.42 Å². The molecule has 13 heavy (non-hydrogen) atoms. The third-order valence-electron chi connectivity index (χ3n) is 1.65. The number of rotatable bonds is 4. The van der Waals surface area contributed by atoms with Crippen molar-refractivity contribution in [1.82, 2.24) is 4.98 Å². The zero-order chi connectivity index (χ0) is 9.84. The summed E-state index contributed by atoms with van der Waals surface area (Å²) in [4.78, 5) is 14.6. The molecule has 0 saturated heterocycles. The average Bonchev–Trinajstić information content (AvgIpc) is 2.50. The minimum atomic E-state index is -0.890. The Balaban J connectivity index is 2.65. The van der Waals surface area contributed by atoms with Gasteiger partial charge in [0.2, 0.25) is 0 Å². The Bertz CT molecular complexity index is 298. The lowest BCUT2D eigenvalue weighted by atomic mass is 10.2. The number of carboxylic acids is 1. The Morgan fingerprint density at radius 3 is 3.00 bits per heavy atom. The molecule has 72 valence electrons. The van der Waals surface area contributed by atoms with Crippen LogP contribution < -0.4 is 5.73 Å². The molecule has 0 bridgehead atoms. The summed E-state index contributed by atoms with van der Waals surface area (Å²) >= 11 is 1.52. The Morgan fingerprint density at radius 1 is 1.85 bits per heavy atom. The zero-order valence-corrected chi connectivity index (χ0v) is 8.17. The molecule has 0 radical (unpaired) electrons. The summed E-state index contributed by atoms with van der Waals surface area (Å²) in [7, 11) is 0. The molecule has 0 fully saturated rings. The summed E-state index contributed by atoms with van der Waals surface area (Å²) in [6.45, 7) is 2.01. The highest BCUT2D eigenvalue weighted by Gasteiger charge is 2.13. The van der Waals surface area contributed by atoms with Gasteiger partial charge in [-0.3, -0.25) is 4.79 Å². The third-order valence-corrected chi connectivity index (χ3v) is 2.66. The van der Waals surface area contributed by atoms with E-state index in [1.165, 1.54) is 11.3 Å². The topological polar surface area (TPSA) is 76.2 Å². The molecule has 0 aliphatic carbocycles. The van der Waals surface area contributed by atoms with Crippen LogP contribution in [-0.4, -0.2) is 16.1 Å². The Morgan fingerprint density at radius 2 is 2.54 bits per heavy atom. The maximum Gasteiger partial charge on any atom is 0.305 e. The lowest BCUT2D eigenvalue weighted by molar-refractivity contribution is -0.137. The van der Waals surface area contributed by atoms with Crippen LogP contribution >= 0.6 is 11.3 Å². The van der Waals surface area contributed by atoms with Gasteiger partial charge in [-0.25, -0.2) is 4.98 Å². The predicted octanol–water partition coefficient (Wildman–Crippen LogP) is 1.18. The minimum Gasteiger partial charge on any atom is -0.481 e. The first-order chi connectivity index (χ1) is 6.13. The first kappa shape index (κ1) is 10.1. The fourth-order valence-corrected chi connectivity index (χ4v) is 1.76. The van der Waals surface area contributed by atoms with Gasteiger partial charge in [-0.1, -0.05) is 6.92 Å². The summed E-state index contributed by atoms with van der Waals surface area (Å²) in [6, 6.07) is -0.478. The molecule has 0 aliphatic rings. The molecule has 5 heteroatoms. The van der Waals surface area contributed by atoms with Crippen LogP contribution in [0, 0.1) is 0 Å². The van der Waals surface area contributed by atoms with Gasteiger partial charge in [0, 0.05) is 5.38 Å². The normalized spacial score (nSPS) is 12.8. The van der Waals surface area contributed by atoms with Crippen LogP contribution in [-0.2, 0) is 11.2 Å². The highest BCUT2D eigenvalue weighted by molar-refractivity contribution is 7.09. The van der Waals surface area contributed by atoms with Gasteiger partial charge in [0.05, 0.1) is 23.2 Å². The van der Waals surface area contributed by atoms with Crippen molar-refractivity contribution in [2.75, 3.05) is 0 Å². The molecule has 1 atom stereocenters. The first-order valence-corrected chi connectivity index (χ1v) is 4.93. The number of carbonyl (C=O) groups is 1. The van der Waals surface area contributed by atoms with Crippen molar-refractivity contribution in [3.05, 3.63) is 16.1 Å². The van der Waals surface area contributed by atoms with Crippen molar-refractivity contribution in [2.24, 2.45) is 5.73 Å². The molecule has 0 amide bonds. The molecule has 0 aromatic carbocycles. The third kappa shape index (κ3) is 2.78. The number of aliphatic carboxylic acids is 1. The van der Waals surface area contributed by atoms with Crippen LogP contribution in [0.1, 0.15) is 30.1 Å². The average molecular weight is 200 g/mol. The van der Waals surface area contributed by atoms with Gasteiger partial charge in [0.1, 0.15) is 0 Å². The molecule has 4 nitrogen and oxygen atoms in total. The maximum absolute atomic E-state index is 10.4. The Hall–Kier alpha value is -0.940. The van der Waals surface area contributed by atoms with E-state index in [4.69, 9.17) is 10.8 Å². The fourth-order valence-electron chi connectivity index (χ4n) is 0.950. The number of hydrogen-bond acceptors (Lipinski definition) is 4. The molecule has 1 rings (SSSR count). The van der Waals surface area contributed by atoms with Gasteiger partial charge in [0.25, 0.3) is 0 Å². The van der Waals surface area contributed by atoms with E-state index in [0.29, 0.717) is 5.69 Å². The maximum atomic E-state index is 10.4. The summed E-state index contributed by atoms with van der Waals surface area (Å²) in [5, 5.41) is 11.3. The summed E-state index contributed by atoms with van der Waals surface area (Å²) in [6.07, 6.45) is 0.803. The van der Waals surface area contributed by atoms with Gasteiger partial charge < -0.3 is 10.8 Å². The lowest BCUT2D eigenvalue weighted by Gasteiger charge is -2.03. The quantitative estimate of drug-likeness (QED) is 0.765. The first-order valence-electron chi connectivity index (χ1n) is 4.05. The molecule has 1 aromatic heterocycles. The summed E-state index contributed by atoms with van der Waals surface area (Å²) in [5.41, 5.74) is 6.31. The van der Waals surface area contributed by atoms with Gasteiger partial charge in [-0.2, -0.15) is 0 Å². The van der Waals surface area contributed by atoms with E-state index in [1.807, 2.05) is 12.3 Å². The van der Waals surface area contributed by atoms with E-state index >= 15 is 0 Å². The van der Waals surface area contributed by atoms with E-state index in [0.717, 1.165) is 11.4 Å². The molecule has 0 spiro atoms. The van der Waals surface area contributed by atoms with E-state index < -0.39 is 12.0 Å². The standard InChI is InChI=1S/C8H12N2O2S/c1-2-7-10-6(4-13-7)5(9)3-8(11)12/h4-5H,2-3,9H2,1H3,(H,11,12)/t5-/m0/s1. The summed E-state index contributed by atoms with van der Waals surface area (Å²) < 4.78 is 0. The molecule has 3 N–H and O–H groups in total. The SMILES string of the molecule is CCc1nc([C@@H](N)CC(=O)O)cs1. The molecule has 0 saturated carbocycles. The largest absolute Gasteiger partial charge is 0.481 e. The van der Waals surface area contributed by atoms with Gasteiger partial charge in [-0.15, -0.1) is 11.3 Å². The van der Waals surface area contributed by atoms with Gasteiger partial charge >= 0.3 is 5.97 Å². The molecule has 0 aliphatic heterocycles. The van der Waals surface area contributed by atoms with Gasteiger partial charge in [0.15, 0.2) is 0 Å². The molecule has 1 aromatic rings. The Kier molecular flexibility index (Phi) is 3.39. The zero-order valence-electron chi connectivity index (χ0n) is 7.36. The van der Waals surface area contributed by atoms with Crippen molar-refractivity contribution in [3.63, 3.8) is 0 Å². The molecule has 1 heterocycles. The minimum absolute atomic E-state index is 0.0626. The number of hydrogen-bond donors (Lipinski definition) is 2. The van der Waals surface area contributed by atoms with Crippen molar-refractivity contribution >= 4 is 17.3 Å². The van der Waals surface area contributed by atoms with E-state index in [1.54, 1.807) is 0 Å². The second-order valence-corrected chi connectivity index (χ2v) is 3.67. The lowest BCUT2D eigenvalue weighted by Crippen LogP contribution is -2.15. The Labute approximate surface area is 80.4 Å². The highest BCUT2D eigenvalue weighted by atomic mass is 32.1. The second kappa shape index (κ2) is 4.34. The number of thiazole rings is 1. The smallest absolute Gasteiger partial charge is 0.305 e. The number of nitrogens with zero attached hydrogens (tertiary/aromatic N) is 1. The van der Waals surface area contributed by atoms with Crippen molar-refractivity contribution < 1.29 is 9.90 Å². The van der Waals surface area contributed by atoms with Crippen LogP contribution in [0.15, 0.2) is 5.38 Å². The van der Waals surface area contributed by atoms with Crippen LogP contribution in [0.4, 0.5) is 0 Å². The van der Waals surface area contributed by atoms with Crippen LogP contribution in [0.2, 0.25) is 0 Å². The second-order valence-electron chi connectivity index (χ2n) is 2.72. The van der Waals surface area contributed by atoms with Crippen molar-refractivity contribution in [3.8, 4) is 0 Å². The number of aromatic nitrogens is 1. The van der Waals surface area contributed by atoms with E-state index in [2.05, 4.69) is 4.98 Å². The van der Waals surface area contributed by atoms with E-state index in [9.17, 15) is 4.79 Å². The number of carboxylic acid groups (broad SMARTS) is 1.